The van der Waals surface area contributed by atoms with Crippen LogP contribution in [0.5, 0.6) is 17.4 Å². The highest BCUT2D eigenvalue weighted by Crippen LogP contribution is 2.32. The second-order valence-corrected chi connectivity index (χ2v) is 7.73. The van der Waals surface area contributed by atoms with Crippen LogP contribution in [-0.4, -0.2) is 41.8 Å². The lowest BCUT2D eigenvalue weighted by molar-refractivity contribution is 0.0393. The van der Waals surface area contributed by atoms with Gasteiger partial charge >= 0.3 is 0 Å². The van der Waals surface area contributed by atoms with Crippen LogP contribution in [-0.2, 0) is 4.74 Å². The Morgan fingerprint density at radius 2 is 1.68 bits per heavy atom. The van der Waals surface area contributed by atoms with Crippen molar-refractivity contribution in [3.8, 4) is 17.4 Å². The first-order valence-electron chi connectivity index (χ1n) is 11.1. The van der Waals surface area contributed by atoms with E-state index in [-0.39, 0.29) is 6.10 Å². The Kier molecular flexibility index (Phi) is 6.49. The number of methoxy groups -OCH3 is 1. The van der Waals surface area contributed by atoms with E-state index < -0.39 is 0 Å². The molecule has 0 saturated carbocycles. The lowest BCUT2D eigenvalue weighted by Crippen LogP contribution is -2.39. The summed E-state index contributed by atoms with van der Waals surface area (Å²) < 4.78 is 17.4. The highest BCUT2D eigenvalue weighted by Gasteiger charge is 2.26. The molecule has 1 aliphatic rings. The van der Waals surface area contributed by atoms with E-state index in [1.807, 2.05) is 66.7 Å². The highest BCUT2D eigenvalue weighted by molar-refractivity contribution is 5.57. The Labute approximate surface area is 198 Å². The Hall–Kier alpha value is -4.17. The number of hydrogen-bond donors (Lipinski definition) is 1. The third-order valence-corrected chi connectivity index (χ3v) is 5.51. The van der Waals surface area contributed by atoms with Crippen LogP contribution in [0, 0.1) is 0 Å². The van der Waals surface area contributed by atoms with Gasteiger partial charge in [-0.2, -0.15) is 0 Å². The molecule has 8 heteroatoms. The standard InChI is InChI=1S/C26H25N5O3/c1-32-21-9-5-19(6-10-21)23-18-31(16-17-33-23)25-26(29-15-14-28-25)34-22-11-7-20(8-12-22)30-24-4-2-3-13-27-24/h2-15,23H,16-18H2,1H3,(H,27,30). The first-order chi connectivity index (χ1) is 16.8. The number of morpholine rings is 1. The summed E-state index contributed by atoms with van der Waals surface area (Å²) in [4.78, 5) is 15.5. The summed E-state index contributed by atoms with van der Waals surface area (Å²) in [7, 11) is 1.66. The molecule has 0 aliphatic carbocycles. The summed E-state index contributed by atoms with van der Waals surface area (Å²) in [5.74, 6) is 3.44. The molecule has 0 radical (unpaired) electrons. The van der Waals surface area contributed by atoms with E-state index in [1.54, 1.807) is 25.7 Å². The average Bonchev–Trinajstić information content (AvgIpc) is 2.91. The average molecular weight is 456 g/mol. The van der Waals surface area contributed by atoms with Gasteiger partial charge in [-0.05, 0) is 54.1 Å². The normalized spacial score (nSPS) is 15.6. The van der Waals surface area contributed by atoms with Crippen LogP contribution >= 0.6 is 0 Å². The number of aromatic nitrogens is 3. The SMILES string of the molecule is COc1ccc(C2CN(c3nccnc3Oc3ccc(Nc4ccccn4)cc3)CCO2)cc1. The first-order valence-corrected chi connectivity index (χ1v) is 11.1. The first kappa shape index (κ1) is 21.7. The molecular formula is C26H25N5O3. The van der Waals surface area contributed by atoms with Crippen LogP contribution < -0.4 is 19.7 Å². The largest absolute Gasteiger partial charge is 0.497 e. The number of hydrogen-bond acceptors (Lipinski definition) is 8. The zero-order valence-electron chi connectivity index (χ0n) is 18.8. The summed E-state index contributed by atoms with van der Waals surface area (Å²) >= 11 is 0. The van der Waals surface area contributed by atoms with E-state index >= 15 is 0 Å². The third kappa shape index (κ3) is 5.07. The van der Waals surface area contributed by atoms with E-state index in [4.69, 9.17) is 14.2 Å². The highest BCUT2D eigenvalue weighted by atomic mass is 16.5. The zero-order valence-corrected chi connectivity index (χ0v) is 18.8. The molecule has 0 spiro atoms. The molecular weight excluding hydrogens is 430 g/mol. The maximum Gasteiger partial charge on any atom is 0.263 e. The monoisotopic (exact) mass is 455 g/mol. The quantitative estimate of drug-likeness (QED) is 0.417. The fourth-order valence-corrected chi connectivity index (χ4v) is 3.77. The molecule has 5 rings (SSSR count). The van der Waals surface area contributed by atoms with Gasteiger partial charge in [-0.3, -0.25) is 0 Å². The minimum absolute atomic E-state index is 0.0773. The number of anilines is 3. The summed E-state index contributed by atoms with van der Waals surface area (Å²) in [5.41, 5.74) is 2.01. The number of benzene rings is 2. The minimum atomic E-state index is -0.0773. The number of rotatable bonds is 7. The second-order valence-electron chi connectivity index (χ2n) is 7.73. The molecule has 0 bridgehead atoms. The van der Waals surface area contributed by atoms with Crippen molar-refractivity contribution < 1.29 is 14.2 Å². The topological polar surface area (TPSA) is 81.6 Å². The van der Waals surface area contributed by atoms with Crippen molar-refractivity contribution in [3.05, 3.63) is 90.9 Å². The molecule has 0 amide bonds. The van der Waals surface area contributed by atoms with Crippen molar-refractivity contribution in [2.45, 2.75) is 6.10 Å². The van der Waals surface area contributed by atoms with Gasteiger partial charge in [-0.15, -0.1) is 0 Å². The van der Waals surface area contributed by atoms with Crippen LogP contribution in [0.3, 0.4) is 0 Å². The van der Waals surface area contributed by atoms with Gasteiger partial charge in [0, 0.05) is 30.8 Å². The van der Waals surface area contributed by atoms with E-state index in [2.05, 4.69) is 25.2 Å². The lowest BCUT2D eigenvalue weighted by Gasteiger charge is -2.34. The molecule has 1 fully saturated rings. The van der Waals surface area contributed by atoms with Crippen LogP contribution in [0.2, 0.25) is 0 Å². The molecule has 1 saturated heterocycles. The van der Waals surface area contributed by atoms with E-state index in [0.717, 1.165) is 22.8 Å². The van der Waals surface area contributed by atoms with Crippen molar-refractivity contribution in [3.63, 3.8) is 0 Å². The number of pyridine rings is 1. The van der Waals surface area contributed by atoms with Crippen molar-refractivity contribution >= 4 is 17.3 Å². The Morgan fingerprint density at radius 3 is 2.44 bits per heavy atom. The molecule has 3 heterocycles. The zero-order chi connectivity index (χ0) is 23.2. The molecule has 2 aromatic heterocycles. The Bertz CT molecular complexity index is 1200. The van der Waals surface area contributed by atoms with Crippen LogP contribution in [0.15, 0.2) is 85.3 Å². The van der Waals surface area contributed by atoms with Gasteiger partial charge in [0.15, 0.2) is 5.82 Å². The van der Waals surface area contributed by atoms with Gasteiger partial charge in [-0.25, -0.2) is 15.0 Å². The van der Waals surface area contributed by atoms with E-state index in [1.165, 1.54) is 0 Å². The van der Waals surface area contributed by atoms with E-state index in [0.29, 0.717) is 37.1 Å². The van der Waals surface area contributed by atoms with Gasteiger partial charge in [0.25, 0.3) is 5.88 Å². The molecule has 1 unspecified atom stereocenters. The third-order valence-electron chi connectivity index (χ3n) is 5.51. The summed E-state index contributed by atoms with van der Waals surface area (Å²) in [6.07, 6.45) is 4.99. The number of nitrogens with one attached hydrogen (secondary N) is 1. The molecule has 34 heavy (non-hydrogen) atoms. The number of ether oxygens (including phenoxy) is 3. The Morgan fingerprint density at radius 1 is 0.882 bits per heavy atom. The maximum atomic E-state index is 6.12. The van der Waals surface area contributed by atoms with Gasteiger partial charge in [-0.1, -0.05) is 18.2 Å². The maximum absolute atomic E-state index is 6.12. The molecule has 8 nitrogen and oxygen atoms in total. The van der Waals surface area contributed by atoms with Crippen LogP contribution in [0.1, 0.15) is 11.7 Å². The smallest absolute Gasteiger partial charge is 0.263 e. The van der Waals surface area contributed by atoms with Crippen molar-refractivity contribution in [2.75, 3.05) is 37.0 Å². The molecule has 1 atom stereocenters. The van der Waals surface area contributed by atoms with Crippen LogP contribution in [0.25, 0.3) is 0 Å². The van der Waals surface area contributed by atoms with Crippen molar-refractivity contribution in [2.24, 2.45) is 0 Å². The molecule has 1 aliphatic heterocycles. The van der Waals surface area contributed by atoms with Gasteiger partial charge in [0.2, 0.25) is 0 Å². The fraction of sp³-hybridized carbons (Fsp3) is 0.192. The van der Waals surface area contributed by atoms with Gasteiger partial charge in [0.1, 0.15) is 23.4 Å². The fourth-order valence-electron chi connectivity index (χ4n) is 3.77. The van der Waals surface area contributed by atoms with Gasteiger partial charge in [0.05, 0.1) is 20.3 Å². The summed E-state index contributed by atoms with van der Waals surface area (Å²) in [5, 5.41) is 3.26. The predicted octanol–water partition coefficient (Wildman–Crippen LogP) is 4.99. The predicted molar refractivity (Wildman–Crippen MR) is 130 cm³/mol. The lowest BCUT2D eigenvalue weighted by atomic mass is 10.1. The molecule has 172 valence electrons. The minimum Gasteiger partial charge on any atom is -0.497 e. The van der Waals surface area contributed by atoms with Crippen LogP contribution in [0.4, 0.5) is 17.3 Å². The Balaban J connectivity index is 1.29. The van der Waals surface area contributed by atoms with Crippen molar-refractivity contribution in [1.29, 1.82) is 0 Å². The van der Waals surface area contributed by atoms with Gasteiger partial charge < -0.3 is 24.4 Å². The summed E-state index contributed by atoms with van der Waals surface area (Å²) in [6, 6.07) is 21.3. The van der Waals surface area contributed by atoms with Crippen molar-refractivity contribution in [1.82, 2.24) is 15.0 Å². The molecule has 2 aromatic carbocycles. The van der Waals surface area contributed by atoms with E-state index in [9.17, 15) is 0 Å². The number of nitrogens with zero attached hydrogens (tertiary/aromatic N) is 4. The molecule has 1 N–H and O–H groups in total. The second kappa shape index (κ2) is 10.2. The summed E-state index contributed by atoms with van der Waals surface area (Å²) in [6.45, 7) is 1.93. The molecule has 4 aromatic rings.